The van der Waals surface area contributed by atoms with Crippen LogP contribution in [0.1, 0.15) is 15.9 Å². The Labute approximate surface area is 163 Å². The highest BCUT2D eigenvalue weighted by atomic mass is 16.5. The number of hydrogen-bond acceptors (Lipinski definition) is 4. The van der Waals surface area contributed by atoms with Gasteiger partial charge in [0.1, 0.15) is 11.8 Å². The molecule has 2 aromatic carbocycles. The number of amides is 2. The fourth-order valence-corrected chi connectivity index (χ4v) is 2.70. The molecule has 0 spiro atoms. The molecule has 142 valence electrons. The number of pyridine rings is 1. The van der Waals surface area contributed by atoms with Gasteiger partial charge in [-0.05, 0) is 42.0 Å². The molecule has 0 aliphatic rings. The van der Waals surface area contributed by atoms with E-state index in [2.05, 4.69) is 15.6 Å². The fourth-order valence-electron chi connectivity index (χ4n) is 2.70. The normalized spacial score (nSPS) is 11.3. The van der Waals surface area contributed by atoms with Crippen LogP contribution in [0.25, 0.3) is 0 Å². The zero-order chi connectivity index (χ0) is 19.8. The molecular weight excluding hydrogens is 354 g/mol. The third-order valence-corrected chi connectivity index (χ3v) is 4.19. The number of methoxy groups -OCH3 is 1. The van der Waals surface area contributed by atoms with Gasteiger partial charge >= 0.3 is 0 Å². The SMILES string of the molecule is COc1ccc(NC(=O)[C@@H](Cc2ccccc2)NC(=O)c2cccnc2)cc1. The predicted octanol–water partition coefficient (Wildman–Crippen LogP) is 3.07. The van der Waals surface area contributed by atoms with E-state index >= 15 is 0 Å². The standard InChI is InChI=1S/C22H21N3O3/c1-28-19-11-9-18(10-12-19)24-22(27)20(14-16-6-3-2-4-7-16)25-21(26)17-8-5-13-23-15-17/h2-13,15,20H,14H2,1H3,(H,24,27)(H,25,26)/t20-/m1/s1. The van der Waals surface area contributed by atoms with Gasteiger partial charge in [-0.15, -0.1) is 0 Å². The second kappa shape index (κ2) is 9.32. The Morgan fingerprint density at radius 1 is 1.00 bits per heavy atom. The van der Waals surface area contributed by atoms with E-state index in [4.69, 9.17) is 4.74 Å². The summed E-state index contributed by atoms with van der Waals surface area (Å²) in [6.07, 6.45) is 3.43. The van der Waals surface area contributed by atoms with Crippen LogP contribution in [0.15, 0.2) is 79.1 Å². The lowest BCUT2D eigenvalue weighted by Gasteiger charge is -2.19. The second-order valence-corrected chi connectivity index (χ2v) is 6.18. The van der Waals surface area contributed by atoms with Gasteiger partial charge in [0, 0.05) is 24.5 Å². The summed E-state index contributed by atoms with van der Waals surface area (Å²) in [5.74, 6) is 0.0499. The molecule has 0 saturated heterocycles. The molecule has 6 nitrogen and oxygen atoms in total. The first-order chi connectivity index (χ1) is 13.7. The first-order valence-electron chi connectivity index (χ1n) is 8.85. The summed E-state index contributed by atoms with van der Waals surface area (Å²) >= 11 is 0. The Bertz CT molecular complexity index is 913. The van der Waals surface area contributed by atoms with Crippen LogP contribution < -0.4 is 15.4 Å². The van der Waals surface area contributed by atoms with Crippen LogP contribution in [-0.2, 0) is 11.2 Å². The van der Waals surface area contributed by atoms with Crippen molar-refractivity contribution in [2.75, 3.05) is 12.4 Å². The summed E-state index contributed by atoms with van der Waals surface area (Å²) < 4.78 is 5.13. The maximum absolute atomic E-state index is 12.9. The largest absolute Gasteiger partial charge is 0.497 e. The summed E-state index contributed by atoms with van der Waals surface area (Å²) in [6.45, 7) is 0. The van der Waals surface area contributed by atoms with Crippen LogP contribution in [0.4, 0.5) is 5.69 Å². The minimum Gasteiger partial charge on any atom is -0.497 e. The number of carbonyl (C=O) groups is 2. The van der Waals surface area contributed by atoms with Crippen molar-refractivity contribution in [2.45, 2.75) is 12.5 Å². The number of nitrogens with one attached hydrogen (secondary N) is 2. The van der Waals surface area contributed by atoms with Crippen molar-refractivity contribution in [1.82, 2.24) is 10.3 Å². The predicted molar refractivity (Wildman–Crippen MR) is 107 cm³/mol. The van der Waals surface area contributed by atoms with Gasteiger partial charge in [0.05, 0.1) is 12.7 Å². The van der Waals surface area contributed by atoms with Gasteiger partial charge in [-0.2, -0.15) is 0 Å². The molecule has 2 amide bonds. The number of carbonyl (C=O) groups excluding carboxylic acids is 2. The molecule has 1 heterocycles. The fraction of sp³-hybridized carbons (Fsp3) is 0.136. The van der Waals surface area contributed by atoms with Crippen molar-refractivity contribution in [3.05, 3.63) is 90.3 Å². The Kier molecular flexibility index (Phi) is 6.36. The molecule has 2 N–H and O–H groups in total. The highest BCUT2D eigenvalue weighted by Gasteiger charge is 2.22. The summed E-state index contributed by atoms with van der Waals surface area (Å²) in [5.41, 5.74) is 1.97. The van der Waals surface area contributed by atoms with Crippen molar-refractivity contribution < 1.29 is 14.3 Å². The van der Waals surface area contributed by atoms with Gasteiger partial charge in [-0.25, -0.2) is 0 Å². The number of nitrogens with zero attached hydrogens (tertiary/aromatic N) is 1. The van der Waals surface area contributed by atoms with Gasteiger partial charge < -0.3 is 15.4 Å². The highest BCUT2D eigenvalue weighted by Crippen LogP contribution is 2.16. The maximum atomic E-state index is 12.9. The number of anilines is 1. The first kappa shape index (κ1) is 19.1. The van der Waals surface area contributed by atoms with Crippen molar-refractivity contribution in [3.8, 4) is 5.75 Å². The first-order valence-corrected chi connectivity index (χ1v) is 8.85. The van der Waals surface area contributed by atoms with E-state index in [1.165, 1.54) is 6.20 Å². The molecule has 0 saturated carbocycles. The lowest BCUT2D eigenvalue weighted by molar-refractivity contribution is -0.118. The topological polar surface area (TPSA) is 80.3 Å². The molecule has 0 unspecified atom stereocenters. The van der Waals surface area contributed by atoms with E-state index in [1.807, 2.05) is 30.3 Å². The van der Waals surface area contributed by atoms with E-state index in [-0.39, 0.29) is 11.8 Å². The van der Waals surface area contributed by atoms with Crippen LogP contribution in [0.3, 0.4) is 0 Å². The minimum absolute atomic E-state index is 0.300. The molecule has 3 aromatic rings. The number of hydrogen-bond donors (Lipinski definition) is 2. The molecule has 1 atom stereocenters. The van der Waals surface area contributed by atoms with Crippen LogP contribution in [0.5, 0.6) is 5.75 Å². The Morgan fingerprint density at radius 2 is 1.75 bits per heavy atom. The Hall–Kier alpha value is -3.67. The number of rotatable bonds is 7. The second-order valence-electron chi connectivity index (χ2n) is 6.18. The lowest BCUT2D eigenvalue weighted by Crippen LogP contribution is -2.45. The van der Waals surface area contributed by atoms with E-state index in [9.17, 15) is 9.59 Å². The number of ether oxygens (including phenoxy) is 1. The highest BCUT2D eigenvalue weighted by molar-refractivity contribution is 6.01. The molecule has 1 aromatic heterocycles. The van der Waals surface area contributed by atoms with Gasteiger partial charge in [0.25, 0.3) is 5.91 Å². The molecule has 0 fully saturated rings. The minimum atomic E-state index is -0.739. The zero-order valence-electron chi connectivity index (χ0n) is 15.5. The van der Waals surface area contributed by atoms with Crippen LogP contribution in [0, 0.1) is 0 Å². The summed E-state index contributed by atoms with van der Waals surface area (Å²) in [7, 11) is 1.58. The molecule has 0 aliphatic heterocycles. The summed E-state index contributed by atoms with van der Waals surface area (Å²) in [6, 6.07) is 19.2. The lowest BCUT2D eigenvalue weighted by atomic mass is 10.0. The quantitative estimate of drug-likeness (QED) is 0.665. The van der Waals surface area contributed by atoms with Crippen molar-refractivity contribution >= 4 is 17.5 Å². The Morgan fingerprint density at radius 3 is 2.39 bits per heavy atom. The number of aromatic nitrogens is 1. The monoisotopic (exact) mass is 375 g/mol. The summed E-state index contributed by atoms with van der Waals surface area (Å²) in [5, 5.41) is 5.65. The molecule has 0 bridgehead atoms. The van der Waals surface area contributed by atoms with Crippen LogP contribution in [0.2, 0.25) is 0 Å². The maximum Gasteiger partial charge on any atom is 0.253 e. The van der Waals surface area contributed by atoms with E-state index in [1.54, 1.807) is 49.7 Å². The van der Waals surface area contributed by atoms with Crippen LogP contribution in [-0.4, -0.2) is 29.9 Å². The van der Waals surface area contributed by atoms with Crippen molar-refractivity contribution in [2.24, 2.45) is 0 Å². The van der Waals surface area contributed by atoms with E-state index in [0.717, 1.165) is 5.56 Å². The Balaban J connectivity index is 1.76. The van der Waals surface area contributed by atoms with Gasteiger partial charge in [-0.1, -0.05) is 30.3 Å². The summed E-state index contributed by atoms with van der Waals surface area (Å²) in [4.78, 5) is 29.4. The number of benzene rings is 2. The molecule has 3 rings (SSSR count). The van der Waals surface area contributed by atoms with Crippen molar-refractivity contribution in [1.29, 1.82) is 0 Å². The zero-order valence-corrected chi connectivity index (χ0v) is 15.5. The third-order valence-electron chi connectivity index (χ3n) is 4.19. The molecule has 0 aliphatic carbocycles. The van der Waals surface area contributed by atoms with Gasteiger partial charge in [0.2, 0.25) is 5.91 Å². The average molecular weight is 375 g/mol. The molecule has 6 heteroatoms. The smallest absolute Gasteiger partial charge is 0.253 e. The van der Waals surface area contributed by atoms with Gasteiger partial charge in [-0.3, -0.25) is 14.6 Å². The average Bonchev–Trinajstić information content (AvgIpc) is 2.75. The third kappa shape index (κ3) is 5.17. The molecule has 28 heavy (non-hydrogen) atoms. The van der Waals surface area contributed by atoms with Crippen LogP contribution >= 0.6 is 0 Å². The molecular formula is C22H21N3O3. The molecule has 0 radical (unpaired) electrons. The van der Waals surface area contributed by atoms with Crippen molar-refractivity contribution in [3.63, 3.8) is 0 Å². The van der Waals surface area contributed by atoms with Gasteiger partial charge in [0.15, 0.2) is 0 Å². The van der Waals surface area contributed by atoms with E-state index in [0.29, 0.717) is 23.4 Å². The van der Waals surface area contributed by atoms with E-state index < -0.39 is 6.04 Å².